The number of allylic oxidation sites excluding steroid dienone is 2. The van der Waals surface area contributed by atoms with Crippen molar-refractivity contribution in [3.05, 3.63) is 11.3 Å². The Hall–Kier alpha value is -0.790. The molecule has 0 aromatic rings. The number of rotatable bonds is 2. The highest BCUT2D eigenvalue weighted by atomic mass is 16.5. The molecule has 1 aliphatic rings. The van der Waals surface area contributed by atoms with E-state index in [0.717, 1.165) is 18.6 Å². The molecule has 0 N–H and O–H groups in total. The van der Waals surface area contributed by atoms with Crippen LogP contribution in [0.4, 0.5) is 0 Å². The molecule has 0 saturated heterocycles. The molecule has 44 valence electrons. The average Bonchev–Trinajstić information content (AvgIpc) is 2.45. The van der Waals surface area contributed by atoms with E-state index in [2.05, 4.69) is 4.74 Å². The Bertz CT molecular complexity index is 129. The molecule has 1 saturated carbocycles. The quantitative estimate of drug-likeness (QED) is 0.396. The van der Waals surface area contributed by atoms with E-state index in [1.165, 1.54) is 5.57 Å². The Labute approximate surface area is 48.1 Å². The van der Waals surface area contributed by atoms with Crippen LogP contribution in [0.3, 0.4) is 0 Å². The molecule has 0 aromatic heterocycles. The highest BCUT2D eigenvalue weighted by Crippen LogP contribution is 2.31. The largest absolute Gasteiger partial charge is 0.434 e. The van der Waals surface area contributed by atoms with Crippen LogP contribution in [-0.4, -0.2) is 6.47 Å². The average molecular weight is 112 g/mol. The number of hydrogen-bond acceptors (Lipinski definition) is 2. The van der Waals surface area contributed by atoms with E-state index in [1.54, 1.807) is 0 Å². The first kappa shape index (κ1) is 5.35. The second kappa shape index (κ2) is 1.99. The van der Waals surface area contributed by atoms with Crippen LogP contribution >= 0.6 is 0 Å². The lowest BCUT2D eigenvalue weighted by Crippen LogP contribution is -1.81. The monoisotopic (exact) mass is 112 g/mol. The van der Waals surface area contributed by atoms with Crippen molar-refractivity contribution < 1.29 is 9.53 Å². The Morgan fingerprint density at radius 1 is 1.75 bits per heavy atom. The number of hydrogen-bond donors (Lipinski definition) is 0. The van der Waals surface area contributed by atoms with Gasteiger partial charge < -0.3 is 4.74 Å². The van der Waals surface area contributed by atoms with Gasteiger partial charge in [-0.2, -0.15) is 0 Å². The minimum atomic E-state index is 0.473. The molecule has 0 unspecified atom stereocenters. The summed E-state index contributed by atoms with van der Waals surface area (Å²) in [5, 5.41) is 0. The second-order valence-electron chi connectivity index (χ2n) is 1.87. The number of ether oxygens (including phenoxy) is 1. The van der Waals surface area contributed by atoms with E-state index in [-0.39, 0.29) is 0 Å². The molecule has 1 rings (SSSR count). The van der Waals surface area contributed by atoms with E-state index in [0.29, 0.717) is 6.47 Å². The first-order chi connectivity index (χ1) is 3.84. The first-order valence-corrected chi connectivity index (χ1v) is 2.63. The summed E-state index contributed by atoms with van der Waals surface area (Å²) in [5.41, 5.74) is 1.28. The van der Waals surface area contributed by atoms with Gasteiger partial charge in [0.2, 0.25) is 0 Å². The molecule has 0 bridgehead atoms. The Morgan fingerprint density at radius 3 is 2.75 bits per heavy atom. The molecule has 1 fully saturated rings. The fourth-order valence-electron chi connectivity index (χ4n) is 0.570. The van der Waals surface area contributed by atoms with E-state index >= 15 is 0 Å². The van der Waals surface area contributed by atoms with Crippen LogP contribution in [-0.2, 0) is 9.53 Å². The van der Waals surface area contributed by atoms with Gasteiger partial charge in [0.25, 0.3) is 6.47 Å². The van der Waals surface area contributed by atoms with Crippen LogP contribution in [0.2, 0.25) is 0 Å². The summed E-state index contributed by atoms with van der Waals surface area (Å²) in [6.45, 7) is 2.29. The lowest BCUT2D eigenvalue weighted by molar-refractivity contribution is -0.125. The minimum Gasteiger partial charge on any atom is -0.434 e. The number of carbonyl (C=O) groups is 1. The van der Waals surface area contributed by atoms with Crippen molar-refractivity contribution in [3.63, 3.8) is 0 Å². The van der Waals surface area contributed by atoms with Gasteiger partial charge in [0.15, 0.2) is 0 Å². The fraction of sp³-hybridized carbons (Fsp3) is 0.500. The fourth-order valence-corrected chi connectivity index (χ4v) is 0.570. The molecular weight excluding hydrogens is 104 g/mol. The maximum Gasteiger partial charge on any atom is 0.298 e. The van der Waals surface area contributed by atoms with E-state index in [9.17, 15) is 4.79 Å². The highest BCUT2D eigenvalue weighted by molar-refractivity contribution is 5.41. The van der Waals surface area contributed by atoms with Crippen LogP contribution in [0.1, 0.15) is 19.8 Å². The maximum atomic E-state index is 9.69. The summed E-state index contributed by atoms with van der Waals surface area (Å²) in [4.78, 5) is 9.69. The van der Waals surface area contributed by atoms with E-state index in [1.807, 2.05) is 6.92 Å². The van der Waals surface area contributed by atoms with Gasteiger partial charge in [0.1, 0.15) is 5.76 Å². The van der Waals surface area contributed by atoms with E-state index < -0.39 is 0 Å². The summed E-state index contributed by atoms with van der Waals surface area (Å²) < 4.78 is 4.56. The lowest BCUT2D eigenvalue weighted by atomic mass is 10.5. The molecule has 0 amide bonds. The van der Waals surface area contributed by atoms with Crippen LogP contribution < -0.4 is 0 Å². The molecule has 2 nitrogen and oxygen atoms in total. The van der Waals surface area contributed by atoms with Gasteiger partial charge in [-0.3, -0.25) is 4.79 Å². The van der Waals surface area contributed by atoms with Crippen molar-refractivity contribution in [2.45, 2.75) is 19.8 Å². The zero-order valence-corrected chi connectivity index (χ0v) is 4.81. The van der Waals surface area contributed by atoms with Crippen LogP contribution in [0.15, 0.2) is 11.3 Å². The predicted molar refractivity (Wildman–Crippen MR) is 29.1 cm³/mol. The summed E-state index contributed by atoms with van der Waals surface area (Å²) in [6.07, 6.45) is 2.22. The molecule has 0 heterocycles. The number of carbonyl (C=O) groups excluding carboxylic acids is 1. The van der Waals surface area contributed by atoms with Gasteiger partial charge in [-0.1, -0.05) is 0 Å². The summed E-state index contributed by atoms with van der Waals surface area (Å²) in [7, 11) is 0. The molecule has 0 aromatic carbocycles. The molecule has 0 aliphatic heterocycles. The van der Waals surface area contributed by atoms with Crippen molar-refractivity contribution in [2.75, 3.05) is 0 Å². The van der Waals surface area contributed by atoms with Gasteiger partial charge in [0, 0.05) is 0 Å². The molecule has 2 heteroatoms. The maximum absolute atomic E-state index is 9.69. The van der Waals surface area contributed by atoms with Gasteiger partial charge in [0.05, 0.1) is 0 Å². The van der Waals surface area contributed by atoms with Gasteiger partial charge >= 0.3 is 0 Å². The molecule has 8 heavy (non-hydrogen) atoms. The third-order valence-corrected chi connectivity index (χ3v) is 1.22. The third-order valence-electron chi connectivity index (χ3n) is 1.22. The summed E-state index contributed by atoms with van der Waals surface area (Å²) >= 11 is 0. The predicted octanol–water partition coefficient (Wildman–Crippen LogP) is 1.23. The highest BCUT2D eigenvalue weighted by Gasteiger charge is 2.15. The van der Waals surface area contributed by atoms with Crippen LogP contribution in [0.5, 0.6) is 0 Å². The molecule has 0 radical (unpaired) electrons. The summed E-state index contributed by atoms with van der Waals surface area (Å²) in [5.74, 6) is 0.792. The summed E-state index contributed by atoms with van der Waals surface area (Å²) in [6, 6.07) is 0. The van der Waals surface area contributed by atoms with Crippen molar-refractivity contribution in [1.82, 2.24) is 0 Å². The van der Waals surface area contributed by atoms with Crippen molar-refractivity contribution in [1.29, 1.82) is 0 Å². The zero-order chi connectivity index (χ0) is 5.98. The minimum absolute atomic E-state index is 0.473. The topological polar surface area (TPSA) is 26.3 Å². The van der Waals surface area contributed by atoms with Crippen LogP contribution in [0, 0.1) is 0 Å². The zero-order valence-electron chi connectivity index (χ0n) is 4.81. The van der Waals surface area contributed by atoms with Gasteiger partial charge in [-0.05, 0) is 25.3 Å². The van der Waals surface area contributed by atoms with Crippen molar-refractivity contribution >= 4 is 6.47 Å². The standard InChI is InChI=1S/C6H8O2/c1-5(8-4-7)6-2-3-6/h4H,2-3H2,1H3. The van der Waals surface area contributed by atoms with Gasteiger partial charge in [-0.25, -0.2) is 0 Å². The van der Waals surface area contributed by atoms with Crippen molar-refractivity contribution in [3.8, 4) is 0 Å². The Morgan fingerprint density at radius 2 is 2.38 bits per heavy atom. The molecule has 0 spiro atoms. The third kappa shape index (κ3) is 1.09. The van der Waals surface area contributed by atoms with Crippen LogP contribution in [0.25, 0.3) is 0 Å². The lowest BCUT2D eigenvalue weighted by Gasteiger charge is -1.90. The second-order valence-corrected chi connectivity index (χ2v) is 1.87. The molecule has 1 aliphatic carbocycles. The first-order valence-electron chi connectivity index (χ1n) is 2.63. The smallest absolute Gasteiger partial charge is 0.298 e. The normalized spacial score (nSPS) is 15.4. The molecule has 0 atom stereocenters. The van der Waals surface area contributed by atoms with Gasteiger partial charge in [-0.15, -0.1) is 0 Å². The Kier molecular flexibility index (Phi) is 1.33. The SMILES string of the molecule is CC(OC=O)=C1CC1. The molecular formula is C6H8O2. The van der Waals surface area contributed by atoms with Crippen molar-refractivity contribution in [2.24, 2.45) is 0 Å². The Balaban J connectivity index is 2.43. The van der Waals surface area contributed by atoms with E-state index in [4.69, 9.17) is 0 Å².